The van der Waals surface area contributed by atoms with Crippen molar-refractivity contribution in [2.24, 2.45) is 28.6 Å². The van der Waals surface area contributed by atoms with Crippen LogP contribution in [0.5, 0.6) is 0 Å². The highest BCUT2D eigenvalue weighted by Gasteiger charge is 2.60. The van der Waals surface area contributed by atoms with E-state index < -0.39 is 6.16 Å². The summed E-state index contributed by atoms with van der Waals surface area (Å²) in [7, 11) is 1.84. The van der Waals surface area contributed by atoms with E-state index in [4.69, 9.17) is 14.2 Å². The number of rotatable bonds is 4. The largest absolute Gasteiger partial charge is 0.508 e. The van der Waals surface area contributed by atoms with Crippen LogP contribution in [0.3, 0.4) is 0 Å². The van der Waals surface area contributed by atoms with Gasteiger partial charge in [0.05, 0.1) is 12.7 Å². The Kier molecular flexibility index (Phi) is 5.54. The van der Waals surface area contributed by atoms with Crippen molar-refractivity contribution in [2.75, 3.05) is 13.7 Å². The highest BCUT2D eigenvalue weighted by Crippen LogP contribution is 2.65. The lowest BCUT2D eigenvalue weighted by Crippen LogP contribution is -2.52. The quantitative estimate of drug-likeness (QED) is 0.443. The molecule has 0 spiro atoms. The van der Waals surface area contributed by atoms with Crippen molar-refractivity contribution in [1.29, 1.82) is 0 Å². The summed E-state index contributed by atoms with van der Waals surface area (Å²) in [5.41, 5.74) is 2.12. The predicted molar refractivity (Wildman–Crippen MR) is 109 cm³/mol. The van der Waals surface area contributed by atoms with Crippen molar-refractivity contribution < 1.29 is 19.0 Å². The molecule has 4 aliphatic carbocycles. The van der Waals surface area contributed by atoms with Crippen LogP contribution in [0, 0.1) is 28.6 Å². The molecule has 0 amide bonds. The van der Waals surface area contributed by atoms with Crippen LogP contribution in [0.2, 0.25) is 0 Å². The molecule has 4 aliphatic rings. The molecule has 4 nitrogen and oxygen atoms in total. The Morgan fingerprint density at radius 1 is 1.11 bits per heavy atom. The molecule has 0 heterocycles. The molecule has 0 radical (unpaired) electrons. The average molecular weight is 391 g/mol. The number of allylic oxidation sites excluding steroid dienone is 1. The fourth-order valence-electron chi connectivity index (χ4n) is 7.36. The SMILES string of the molecule is CCCOC(=O)O[C@H]1CC[C@H]2[C@@H]3CCC4=C[C@H](OC)CC[C@]4(C)[C@H]3CC[C@]12C. The van der Waals surface area contributed by atoms with Crippen molar-refractivity contribution in [3.05, 3.63) is 11.6 Å². The van der Waals surface area contributed by atoms with Crippen molar-refractivity contribution in [2.45, 2.75) is 90.8 Å². The van der Waals surface area contributed by atoms with Crippen LogP contribution in [-0.4, -0.2) is 32.1 Å². The zero-order chi connectivity index (χ0) is 19.9. The van der Waals surface area contributed by atoms with Crippen LogP contribution in [0.1, 0.15) is 78.6 Å². The van der Waals surface area contributed by atoms with E-state index in [1.54, 1.807) is 5.57 Å². The Labute approximate surface area is 170 Å². The van der Waals surface area contributed by atoms with E-state index in [9.17, 15) is 4.79 Å². The van der Waals surface area contributed by atoms with Gasteiger partial charge < -0.3 is 14.2 Å². The van der Waals surface area contributed by atoms with E-state index in [1.165, 1.54) is 38.5 Å². The minimum Gasteiger partial charge on any atom is -0.434 e. The molecule has 0 aromatic carbocycles. The number of carbonyl (C=O) groups excluding carboxylic acids is 1. The summed E-state index contributed by atoms with van der Waals surface area (Å²) in [6, 6.07) is 0. The van der Waals surface area contributed by atoms with Gasteiger partial charge in [-0.3, -0.25) is 0 Å². The number of ether oxygens (including phenoxy) is 3. The fourth-order valence-corrected chi connectivity index (χ4v) is 7.36. The maximum absolute atomic E-state index is 12.1. The van der Waals surface area contributed by atoms with Gasteiger partial charge in [0.25, 0.3) is 0 Å². The van der Waals surface area contributed by atoms with Crippen LogP contribution in [-0.2, 0) is 14.2 Å². The van der Waals surface area contributed by atoms with Crippen LogP contribution < -0.4 is 0 Å². The third kappa shape index (κ3) is 3.20. The molecule has 0 N–H and O–H groups in total. The molecule has 0 aromatic heterocycles. The third-order valence-electron chi connectivity index (χ3n) is 8.95. The van der Waals surface area contributed by atoms with E-state index in [1.807, 2.05) is 14.0 Å². The number of methoxy groups -OCH3 is 1. The van der Waals surface area contributed by atoms with E-state index in [0.29, 0.717) is 24.0 Å². The normalized spacial score (nSPS) is 44.7. The monoisotopic (exact) mass is 390 g/mol. The maximum atomic E-state index is 12.1. The second kappa shape index (κ2) is 7.66. The standard InChI is InChI=1S/C24H38O4/c1-5-14-27-22(25)28-21-9-8-19-18-7-6-16-15-17(26-4)10-12-23(16,2)20(18)11-13-24(19,21)3/h15,17-21H,5-14H2,1-4H3/t17-,18+,19+,20+,21+,23+,24+/m1/s1. The van der Waals surface area contributed by atoms with Gasteiger partial charge in [-0.1, -0.05) is 32.4 Å². The summed E-state index contributed by atoms with van der Waals surface area (Å²) < 4.78 is 16.7. The maximum Gasteiger partial charge on any atom is 0.508 e. The van der Waals surface area contributed by atoms with E-state index in [2.05, 4.69) is 19.9 Å². The second-order valence-electron chi connectivity index (χ2n) is 10.2. The number of carbonyl (C=O) groups is 1. The summed E-state index contributed by atoms with van der Waals surface area (Å²) in [5.74, 6) is 2.21. The van der Waals surface area contributed by atoms with Gasteiger partial charge in [0.1, 0.15) is 6.10 Å². The molecule has 3 saturated carbocycles. The van der Waals surface area contributed by atoms with E-state index >= 15 is 0 Å². The van der Waals surface area contributed by atoms with Crippen molar-refractivity contribution in [3.63, 3.8) is 0 Å². The molecule has 0 saturated heterocycles. The number of hydrogen-bond donors (Lipinski definition) is 0. The zero-order valence-electron chi connectivity index (χ0n) is 18.2. The highest BCUT2D eigenvalue weighted by molar-refractivity contribution is 5.60. The Balaban J connectivity index is 1.50. The summed E-state index contributed by atoms with van der Waals surface area (Å²) in [6.07, 6.45) is 12.7. The van der Waals surface area contributed by atoms with Crippen LogP contribution in [0.4, 0.5) is 4.79 Å². The molecule has 4 rings (SSSR count). The van der Waals surface area contributed by atoms with E-state index in [0.717, 1.165) is 31.1 Å². The lowest BCUT2D eigenvalue weighted by Gasteiger charge is -2.58. The molecule has 158 valence electrons. The van der Waals surface area contributed by atoms with Gasteiger partial charge in [0.2, 0.25) is 0 Å². The van der Waals surface area contributed by atoms with Gasteiger partial charge in [-0.05, 0) is 81.0 Å². The molecular formula is C24H38O4. The van der Waals surface area contributed by atoms with Gasteiger partial charge in [0.15, 0.2) is 0 Å². The second-order valence-corrected chi connectivity index (χ2v) is 10.2. The molecule has 28 heavy (non-hydrogen) atoms. The van der Waals surface area contributed by atoms with Crippen LogP contribution in [0.25, 0.3) is 0 Å². The summed E-state index contributed by atoms with van der Waals surface area (Å²) in [5, 5.41) is 0. The molecule has 4 heteroatoms. The van der Waals surface area contributed by atoms with Crippen molar-refractivity contribution in [1.82, 2.24) is 0 Å². The molecule has 0 bridgehead atoms. The van der Waals surface area contributed by atoms with Gasteiger partial charge in [-0.25, -0.2) is 4.79 Å². The third-order valence-corrected chi connectivity index (χ3v) is 8.95. The first kappa shape index (κ1) is 20.3. The first-order valence-electron chi connectivity index (χ1n) is 11.5. The van der Waals surface area contributed by atoms with Gasteiger partial charge in [0, 0.05) is 12.5 Å². The molecule has 3 fully saturated rings. The van der Waals surface area contributed by atoms with Gasteiger partial charge in [-0.15, -0.1) is 0 Å². The van der Waals surface area contributed by atoms with Crippen molar-refractivity contribution in [3.8, 4) is 0 Å². The number of hydrogen-bond acceptors (Lipinski definition) is 4. The minimum atomic E-state index is -0.463. The molecule has 7 atom stereocenters. The first-order valence-corrected chi connectivity index (χ1v) is 11.5. The molecular weight excluding hydrogens is 352 g/mol. The molecule has 0 aromatic rings. The van der Waals surface area contributed by atoms with Gasteiger partial charge in [-0.2, -0.15) is 0 Å². The first-order chi connectivity index (χ1) is 13.4. The van der Waals surface area contributed by atoms with Crippen LogP contribution >= 0.6 is 0 Å². The fraction of sp³-hybridized carbons (Fsp3) is 0.875. The average Bonchev–Trinajstić information content (AvgIpc) is 3.02. The smallest absolute Gasteiger partial charge is 0.434 e. The van der Waals surface area contributed by atoms with Crippen LogP contribution in [0.15, 0.2) is 11.6 Å². The zero-order valence-corrected chi connectivity index (χ0v) is 18.2. The molecule has 0 aliphatic heterocycles. The Hall–Kier alpha value is -1.03. The Morgan fingerprint density at radius 3 is 2.68 bits per heavy atom. The predicted octanol–water partition coefficient (Wildman–Crippen LogP) is 5.90. The lowest BCUT2D eigenvalue weighted by atomic mass is 9.47. The summed E-state index contributed by atoms with van der Waals surface area (Å²) in [4.78, 5) is 12.1. The highest BCUT2D eigenvalue weighted by atomic mass is 16.7. The van der Waals surface area contributed by atoms with Crippen molar-refractivity contribution >= 4 is 6.16 Å². The molecule has 0 unspecified atom stereocenters. The number of fused-ring (bicyclic) bond motifs is 5. The van der Waals surface area contributed by atoms with Gasteiger partial charge >= 0.3 is 6.16 Å². The lowest BCUT2D eigenvalue weighted by molar-refractivity contribution is -0.0890. The Morgan fingerprint density at radius 2 is 1.93 bits per heavy atom. The minimum absolute atomic E-state index is 0.0248. The summed E-state index contributed by atoms with van der Waals surface area (Å²) >= 11 is 0. The van der Waals surface area contributed by atoms with E-state index in [-0.39, 0.29) is 11.5 Å². The topological polar surface area (TPSA) is 44.8 Å². The summed E-state index contributed by atoms with van der Waals surface area (Å²) in [6.45, 7) is 7.36. The Bertz CT molecular complexity index is 628.